The predicted octanol–water partition coefficient (Wildman–Crippen LogP) is 2.96. The minimum absolute atomic E-state index is 0.0783. The normalized spacial score (nSPS) is 13.9. The van der Waals surface area contributed by atoms with E-state index < -0.39 is 0 Å². The quantitative estimate of drug-likeness (QED) is 0.812. The average molecular weight is 274 g/mol. The summed E-state index contributed by atoms with van der Waals surface area (Å²) in [5.74, 6) is 0.999. The van der Waals surface area contributed by atoms with E-state index in [1.165, 1.54) is 5.56 Å². The highest BCUT2D eigenvalue weighted by molar-refractivity contribution is 5.24. The van der Waals surface area contributed by atoms with Crippen LogP contribution >= 0.6 is 0 Å². The largest absolute Gasteiger partial charge is 0.406 e. The zero-order valence-electron chi connectivity index (χ0n) is 12.3. The number of nitrogens with one attached hydrogen (secondary N) is 2. The zero-order valence-corrected chi connectivity index (χ0v) is 12.3. The maximum absolute atomic E-state index is 5.59. The Morgan fingerprint density at radius 3 is 2.60 bits per heavy atom. The molecule has 0 radical (unpaired) electrons. The third-order valence-electron chi connectivity index (χ3n) is 3.25. The Bertz CT molecular complexity index is 512. The van der Waals surface area contributed by atoms with Crippen LogP contribution in [0, 0.1) is 0 Å². The second kappa shape index (κ2) is 7.05. The molecule has 5 nitrogen and oxygen atoms in total. The van der Waals surface area contributed by atoms with Gasteiger partial charge in [-0.1, -0.05) is 49.3 Å². The molecule has 0 fully saturated rings. The van der Waals surface area contributed by atoms with Crippen LogP contribution in [0.2, 0.25) is 0 Å². The van der Waals surface area contributed by atoms with Gasteiger partial charge in [-0.05, 0) is 24.9 Å². The van der Waals surface area contributed by atoms with Crippen molar-refractivity contribution >= 4 is 6.01 Å². The third-order valence-corrected chi connectivity index (χ3v) is 3.25. The van der Waals surface area contributed by atoms with Crippen molar-refractivity contribution in [3.05, 3.63) is 41.8 Å². The standard InChI is InChI=1S/C15H22N4O/c1-4-16-12(3)14-18-19-15(20-14)17-10-11(2)13-8-6-5-7-9-13/h5-9,11-12,16H,4,10H2,1-3H3,(H,17,19). The van der Waals surface area contributed by atoms with Crippen LogP contribution in [0.1, 0.15) is 44.2 Å². The maximum Gasteiger partial charge on any atom is 0.315 e. The van der Waals surface area contributed by atoms with Crippen molar-refractivity contribution in [2.75, 3.05) is 18.4 Å². The van der Waals surface area contributed by atoms with Crippen LogP contribution in [0.3, 0.4) is 0 Å². The van der Waals surface area contributed by atoms with Crippen molar-refractivity contribution < 1.29 is 4.42 Å². The summed E-state index contributed by atoms with van der Waals surface area (Å²) in [5.41, 5.74) is 1.29. The molecule has 0 aliphatic rings. The highest BCUT2D eigenvalue weighted by Crippen LogP contribution is 2.17. The Morgan fingerprint density at radius 2 is 1.90 bits per heavy atom. The summed E-state index contributed by atoms with van der Waals surface area (Å²) in [7, 11) is 0. The van der Waals surface area contributed by atoms with Crippen LogP contribution in [0.4, 0.5) is 6.01 Å². The molecule has 2 N–H and O–H groups in total. The molecule has 1 aromatic heterocycles. The van der Waals surface area contributed by atoms with Gasteiger partial charge in [-0.15, -0.1) is 5.10 Å². The van der Waals surface area contributed by atoms with E-state index in [0.29, 0.717) is 17.8 Å². The molecule has 20 heavy (non-hydrogen) atoms. The van der Waals surface area contributed by atoms with Crippen molar-refractivity contribution in [2.24, 2.45) is 0 Å². The number of anilines is 1. The topological polar surface area (TPSA) is 63.0 Å². The summed E-state index contributed by atoms with van der Waals surface area (Å²) < 4.78 is 5.59. The van der Waals surface area contributed by atoms with Gasteiger partial charge in [0.1, 0.15) is 0 Å². The van der Waals surface area contributed by atoms with Gasteiger partial charge in [0.2, 0.25) is 5.89 Å². The summed E-state index contributed by atoms with van der Waals surface area (Å²) in [6.07, 6.45) is 0. The number of hydrogen-bond donors (Lipinski definition) is 2. The van der Waals surface area contributed by atoms with Crippen LogP contribution in [0.15, 0.2) is 34.7 Å². The van der Waals surface area contributed by atoms with Gasteiger partial charge in [0.15, 0.2) is 0 Å². The molecular formula is C15H22N4O. The molecule has 108 valence electrons. The molecule has 0 spiro atoms. The third kappa shape index (κ3) is 3.81. The van der Waals surface area contributed by atoms with Crippen LogP contribution in [-0.4, -0.2) is 23.3 Å². The molecule has 0 aliphatic heterocycles. The van der Waals surface area contributed by atoms with E-state index in [1.54, 1.807) is 0 Å². The first-order valence-electron chi connectivity index (χ1n) is 7.06. The first-order chi connectivity index (χ1) is 9.70. The van der Waals surface area contributed by atoms with Crippen molar-refractivity contribution in [2.45, 2.75) is 32.7 Å². The van der Waals surface area contributed by atoms with Gasteiger partial charge < -0.3 is 15.1 Å². The van der Waals surface area contributed by atoms with Gasteiger partial charge in [0.05, 0.1) is 6.04 Å². The molecule has 0 aliphatic carbocycles. The fourth-order valence-corrected chi connectivity index (χ4v) is 2.01. The molecule has 1 heterocycles. The molecule has 0 amide bonds. The fraction of sp³-hybridized carbons (Fsp3) is 0.467. The maximum atomic E-state index is 5.59. The van der Waals surface area contributed by atoms with Gasteiger partial charge in [-0.3, -0.25) is 0 Å². The van der Waals surface area contributed by atoms with Gasteiger partial charge in [0.25, 0.3) is 0 Å². The summed E-state index contributed by atoms with van der Waals surface area (Å²) in [6.45, 7) is 7.86. The molecule has 2 unspecified atom stereocenters. The Kier molecular flexibility index (Phi) is 5.12. The van der Waals surface area contributed by atoms with E-state index in [4.69, 9.17) is 4.42 Å². The second-order valence-corrected chi connectivity index (χ2v) is 4.92. The van der Waals surface area contributed by atoms with Crippen LogP contribution in [-0.2, 0) is 0 Å². The number of rotatable bonds is 7. The first kappa shape index (κ1) is 14.5. The van der Waals surface area contributed by atoms with E-state index in [1.807, 2.05) is 19.9 Å². The Labute approximate surface area is 119 Å². The Hall–Kier alpha value is -1.88. The molecule has 2 rings (SSSR count). The van der Waals surface area contributed by atoms with E-state index in [2.05, 4.69) is 52.0 Å². The van der Waals surface area contributed by atoms with Gasteiger partial charge >= 0.3 is 6.01 Å². The Balaban J connectivity index is 1.88. The number of benzene rings is 1. The predicted molar refractivity (Wildman–Crippen MR) is 79.7 cm³/mol. The van der Waals surface area contributed by atoms with Gasteiger partial charge in [-0.25, -0.2) is 0 Å². The SMILES string of the molecule is CCNC(C)c1nnc(NCC(C)c2ccccc2)o1. The number of hydrogen-bond acceptors (Lipinski definition) is 5. The van der Waals surface area contributed by atoms with E-state index in [0.717, 1.165) is 13.1 Å². The molecule has 0 saturated carbocycles. The Morgan fingerprint density at radius 1 is 1.15 bits per heavy atom. The van der Waals surface area contributed by atoms with Crippen molar-refractivity contribution in [3.63, 3.8) is 0 Å². The van der Waals surface area contributed by atoms with Crippen molar-refractivity contribution in [1.82, 2.24) is 15.5 Å². The van der Waals surface area contributed by atoms with E-state index >= 15 is 0 Å². The highest BCUT2D eigenvalue weighted by atomic mass is 16.4. The minimum atomic E-state index is 0.0783. The summed E-state index contributed by atoms with van der Waals surface area (Å²) in [6, 6.07) is 10.9. The first-order valence-corrected chi connectivity index (χ1v) is 7.06. The minimum Gasteiger partial charge on any atom is -0.406 e. The van der Waals surface area contributed by atoms with Gasteiger partial charge in [0, 0.05) is 6.54 Å². The zero-order chi connectivity index (χ0) is 14.4. The molecule has 0 bridgehead atoms. The van der Waals surface area contributed by atoms with Crippen molar-refractivity contribution in [3.8, 4) is 0 Å². The summed E-state index contributed by atoms with van der Waals surface area (Å²) in [5, 5.41) is 14.5. The lowest BCUT2D eigenvalue weighted by Crippen LogP contribution is -2.17. The molecular weight excluding hydrogens is 252 g/mol. The molecule has 2 aromatic rings. The van der Waals surface area contributed by atoms with Crippen molar-refractivity contribution in [1.29, 1.82) is 0 Å². The summed E-state index contributed by atoms with van der Waals surface area (Å²) in [4.78, 5) is 0. The summed E-state index contributed by atoms with van der Waals surface area (Å²) >= 11 is 0. The lowest BCUT2D eigenvalue weighted by Gasteiger charge is -2.11. The van der Waals surface area contributed by atoms with Crippen LogP contribution in [0.5, 0.6) is 0 Å². The number of aromatic nitrogens is 2. The van der Waals surface area contributed by atoms with Crippen LogP contribution in [0.25, 0.3) is 0 Å². The van der Waals surface area contributed by atoms with E-state index in [-0.39, 0.29) is 6.04 Å². The fourth-order valence-electron chi connectivity index (χ4n) is 2.01. The monoisotopic (exact) mass is 274 g/mol. The average Bonchev–Trinajstić information content (AvgIpc) is 2.95. The van der Waals surface area contributed by atoms with Gasteiger partial charge in [-0.2, -0.15) is 0 Å². The smallest absolute Gasteiger partial charge is 0.315 e. The second-order valence-electron chi connectivity index (χ2n) is 4.92. The lowest BCUT2D eigenvalue weighted by atomic mass is 10.0. The molecule has 2 atom stereocenters. The van der Waals surface area contributed by atoms with Crippen LogP contribution < -0.4 is 10.6 Å². The van der Waals surface area contributed by atoms with E-state index in [9.17, 15) is 0 Å². The molecule has 1 aromatic carbocycles. The molecule has 0 saturated heterocycles. The lowest BCUT2D eigenvalue weighted by molar-refractivity contribution is 0.428. The molecule has 5 heteroatoms. The highest BCUT2D eigenvalue weighted by Gasteiger charge is 2.13. The number of nitrogens with zero attached hydrogens (tertiary/aromatic N) is 2.